The third kappa shape index (κ3) is 3.12. The zero-order valence-corrected chi connectivity index (χ0v) is 12.6. The van der Waals surface area contributed by atoms with Crippen LogP contribution in [-0.2, 0) is 11.2 Å². The molecule has 0 aliphatic rings. The van der Waals surface area contributed by atoms with E-state index in [1.807, 2.05) is 7.05 Å². The molecule has 102 valence electrons. The predicted octanol–water partition coefficient (Wildman–Crippen LogP) is 3.25. The van der Waals surface area contributed by atoms with E-state index in [1.165, 1.54) is 16.7 Å². The molecule has 2 unspecified atom stereocenters. The molecular formula is C16H27NO. The van der Waals surface area contributed by atoms with Gasteiger partial charge >= 0.3 is 0 Å². The standard InChI is InChI=1S/C16H27NO/c1-7-16(4,18-6)15(17-5)11-14-12(2)9-8-10-13(14)3/h8-10,15,17H,7,11H2,1-6H3. The lowest BCUT2D eigenvalue weighted by atomic mass is 9.86. The molecule has 0 aliphatic carbocycles. The minimum absolute atomic E-state index is 0.122. The fourth-order valence-corrected chi connectivity index (χ4v) is 2.53. The van der Waals surface area contributed by atoms with E-state index in [2.05, 4.69) is 51.2 Å². The van der Waals surface area contributed by atoms with Crippen LogP contribution in [0.15, 0.2) is 18.2 Å². The summed E-state index contributed by atoms with van der Waals surface area (Å²) in [6.07, 6.45) is 2.01. The third-order valence-electron chi connectivity index (χ3n) is 4.31. The summed E-state index contributed by atoms with van der Waals surface area (Å²) in [5, 5.41) is 3.42. The van der Waals surface area contributed by atoms with E-state index < -0.39 is 0 Å². The van der Waals surface area contributed by atoms with Crippen molar-refractivity contribution in [1.82, 2.24) is 5.32 Å². The van der Waals surface area contributed by atoms with Gasteiger partial charge in [0.15, 0.2) is 0 Å². The van der Waals surface area contributed by atoms with Crippen molar-refractivity contribution in [2.24, 2.45) is 0 Å². The van der Waals surface area contributed by atoms with Gasteiger partial charge in [0, 0.05) is 13.2 Å². The maximum Gasteiger partial charge on any atom is 0.0803 e. The van der Waals surface area contributed by atoms with Crippen LogP contribution in [0.5, 0.6) is 0 Å². The van der Waals surface area contributed by atoms with Gasteiger partial charge in [-0.05, 0) is 57.4 Å². The number of methoxy groups -OCH3 is 1. The van der Waals surface area contributed by atoms with Crippen molar-refractivity contribution in [3.05, 3.63) is 34.9 Å². The average molecular weight is 249 g/mol. The first-order chi connectivity index (χ1) is 8.48. The number of aryl methyl sites for hydroxylation is 2. The number of nitrogens with one attached hydrogen (secondary N) is 1. The molecule has 18 heavy (non-hydrogen) atoms. The van der Waals surface area contributed by atoms with Gasteiger partial charge in [0.2, 0.25) is 0 Å². The second-order valence-electron chi connectivity index (χ2n) is 5.29. The average Bonchev–Trinajstić information content (AvgIpc) is 2.37. The fourth-order valence-electron chi connectivity index (χ4n) is 2.53. The fraction of sp³-hybridized carbons (Fsp3) is 0.625. The lowest BCUT2D eigenvalue weighted by Crippen LogP contribution is -2.50. The van der Waals surface area contributed by atoms with Crippen molar-refractivity contribution in [3.8, 4) is 0 Å². The molecule has 0 radical (unpaired) electrons. The van der Waals surface area contributed by atoms with Gasteiger partial charge in [0.1, 0.15) is 0 Å². The van der Waals surface area contributed by atoms with Crippen molar-refractivity contribution in [1.29, 1.82) is 0 Å². The molecule has 0 bridgehead atoms. The highest BCUT2D eigenvalue weighted by Crippen LogP contribution is 2.24. The van der Waals surface area contributed by atoms with Crippen molar-refractivity contribution in [2.45, 2.75) is 52.2 Å². The van der Waals surface area contributed by atoms with E-state index in [4.69, 9.17) is 4.74 Å². The zero-order valence-electron chi connectivity index (χ0n) is 12.6. The molecule has 0 aliphatic heterocycles. The first-order valence-corrected chi connectivity index (χ1v) is 6.76. The van der Waals surface area contributed by atoms with Crippen LogP contribution in [0.25, 0.3) is 0 Å². The Bertz CT molecular complexity index is 362. The van der Waals surface area contributed by atoms with Gasteiger partial charge < -0.3 is 10.1 Å². The van der Waals surface area contributed by atoms with Crippen molar-refractivity contribution >= 4 is 0 Å². The largest absolute Gasteiger partial charge is 0.377 e. The van der Waals surface area contributed by atoms with Crippen LogP contribution in [0.1, 0.15) is 37.0 Å². The van der Waals surface area contributed by atoms with Gasteiger partial charge in [-0.15, -0.1) is 0 Å². The summed E-state index contributed by atoms with van der Waals surface area (Å²) in [6, 6.07) is 6.82. The summed E-state index contributed by atoms with van der Waals surface area (Å²) in [5.41, 5.74) is 4.05. The molecule has 1 aromatic rings. The molecule has 1 aromatic carbocycles. The predicted molar refractivity (Wildman–Crippen MR) is 78.2 cm³/mol. The van der Waals surface area contributed by atoms with E-state index in [0.29, 0.717) is 6.04 Å². The summed E-state index contributed by atoms with van der Waals surface area (Å²) in [5.74, 6) is 0. The highest BCUT2D eigenvalue weighted by molar-refractivity contribution is 5.34. The Morgan fingerprint density at radius 2 is 1.83 bits per heavy atom. The molecule has 1 rings (SSSR count). The summed E-state index contributed by atoms with van der Waals surface area (Å²) >= 11 is 0. The molecular weight excluding hydrogens is 222 g/mol. The molecule has 2 atom stereocenters. The normalized spacial score (nSPS) is 16.3. The number of rotatable bonds is 6. The molecule has 0 fully saturated rings. The molecule has 0 amide bonds. The second-order valence-corrected chi connectivity index (χ2v) is 5.29. The number of benzene rings is 1. The summed E-state index contributed by atoms with van der Waals surface area (Å²) in [4.78, 5) is 0. The van der Waals surface area contributed by atoms with Crippen molar-refractivity contribution in [2.75, 3.05) is 14.2 Å². The maximum atomic E-state index is 5.73. The smallest absolute Gasteiger partial charge is 0.0803 e. The van der Waals surface area contributed by atoms with Crippen LogP contribution in [0.3, 0.4) is 0 Å². The lowest BCUT2D eigenvalue weighted by Gasteiger charge is -2.36. The van der Waals surface area contributed by atoms with Gasteiger partial charge in [0.25, 0.3) is 0 Å². The molecule has 0 saturated carbocycles. The van der Waals surface area contributed by atoms with Gasteiger partial charge in [-0.25, -0.2) is 0 Å². The Morgan fingerprint density at radius 3 is 2.22 bits per heavy atom. The lowest BCUT2D eigenvalue weighted by molar-refractivity contribution is -0.0269. The monoisotopic (exact) mass is 249 g/mol. The summed E-state index contributed by atoms with van der Waals surface area (Å²) in [7, 11) is 3.82. The molecule has 2 nitrogen and oxygen atoms in total. The zero-order chi connectivity index (χ0) is 13.8. The number of hydrogen-bond acceptors (Lipinski definition) is 2. The van der Waals surface area contributed by atoms with Crippen LogP contribution >= 0.6 is 0 Å². The van der Waals surface area contributed by atoms with Crippen LogP contribution in [0.4, 0.5) is 0 Å². The van der Waals surface area contributed by atoms with Gasteiger partial charge in [0.05, 0.1) is 5.60 Å². The second kappa shape index (κ2) is 6.35. The SMILES string of the molecule is CCC(C)(OC)C(Cc1c(C)cccc1C)NC. The Morgan fingerprint density at radius 1 is 1.28 bits per heavy atom. The molecule has 0 aromatic heterocycles. The Labute approximate surface area is 112 Å². The number of ether oxygens (including phenoxy) is 1. The van der Waals surface area contributed by atoms with E-state index in [9.17, 15) is 0 Å². The minimum atomic E-state index is -0.122. The van der Waals surface area contributed by atoms with E-state index in [0.717, 1.165) is 12.8 Å². The topological polar surface area (TPSA) is 21.3 Å². The Balaban J connectivity index is 3.00. The van der Waals surface area contributed by atoms with Gasteiger partial charge in [-0.1, -0.05) is 25.1 Å². The van der Waals surface area contributed by atoms with E-state index in [1.54, 1.807) is 7.11 Å². The Kier molecular flexibility index (Phi) is 5.36. The quantitative estimate of drug-likeness (QED) is 0.835. The highest BCUT2D eigenvalue weighted by Gasteiger charge is 2.31. The maximum absolute atomic E-state index is 5.73. The minimum Gasteiger partial charge on any atom is -0.377 e. The van der Waals surface area contributed by atoms with Gasteiger partial charge in [-0.3, -0.25) is 0 Å². The molecule has 0 saturated heterocycles. The van der Waals surface area contributed by atoms with Crippen LogP contribution in [0.2, 0.25) is 0 Å². The van der Waals surface area contributed by atoms with Crippen molar-refractivity contribution in [3.63, 3.8) is 0 Å². The van der Waals surface area contributed by atoms with Crippen LogP contribution in [-0.4, -0.2) is 25.8 Å². The summed E-state index contributed by atoms with van der Waals surface area (Å²) in [6.45, 7) is 8.73. The number of hydrogen-bond donors (Lipinski definition) is 1. The van der Waals surface area contributed by atoms with Crippen LogP contribution < -0.4 is 5.32 Å². The van der Waals surface area contributed by atoms with Gasteiger partial charge in [-0.2, -0.15) is 0 Å². The third-order valence-corrected chi connectivity index (χ3v) is 4.31. The molecule has 0 heterocycles. The number of likely N-dealkylation sites (N-methyl/N-ethyl adjacent to an activating group) is 1. The molecule has 1 N–H and O–H groups in total. The Hall–Kier alpha value is -0.860. The van der Waals surface area contributed by atoms with E-state index in [-0.39, 0.29) is 5.60 Å². The first-order valence-electron chi connectivity index (χ1n) is 6.76. The van der Waals surface area contributed by atoms with Crippen LogP contribution in [0, 0.1) is 13.8 Å². The molecule has 0 spiro atoms. The molecule has 2 heteroatoms. The first kappa shape index (κ1) is 15.2. The van der Waals surface area contributed by atoms with Crippen molar-refractivity contribution < 1.29 is 4.74 Å². The highest BCUT2D eigenvalue weighted by atomic mass is 16.5. The summed E-state index contributed by atoms with van der Waals surface area (Å²) < 4.78 is 5.73. The van der Waals surface area contributed by atoms with E-state index >= 15 is 0 Å².